The minimum atomic E-state index is -0.298. The lowest BCUT2D eigenvalue weighted by atomic mass is 10.1. The molecule has 2 rings (SSSR count). The van der Waals surface area contributed by atoms with E-state index in [9.17, 15) is 4.79 Å². The smallest absolute Gasteiger partial charge is 0.237 e. The molecule has 0 saturated heterocycles. The quantitative estimate of drug-likeness (QED) is 0.662. The Hall–Kier alpha value is -1.13. The Bertz CT molecular complexity index is 574. The van der Waals surface area contributed by atoms with Gasteiger partial charge in [-0.25, -0.2) is 0 Å². The number of carbonyl (C=O) groups is 1. The summed E-state index contributed by atoms with van der Waals surface area (Å²) in [5, 5.41) is 0. The summed E-state index contributed by atoms with van der Waals surface area (Å²) in [7, 11) is 1.83. The Morgan fingerprint density at radius 2 is 1.52 bits per heavy atom. The van der Waals surface area contributed by atoms with E-state index in [0.29, 0.717) is 6.54 Å². The second-order valence-corrected chi connectivity index (χ2v) is 6.87. The van der Waals surface area contributed by atoms with Gasteiger partial charge in [-0.1, -0.05) is 92.5 Å². The number of halogens is 2. The molecular weight excluding hydrogens is 394 g/mol. The molecule has 0 aromatic heterocycles. The molecule has 1 amide bonds. The third kappa shape index (κ3) is 4.42. The molecule has 0 aliphatic rings. The molecule has 110 valence electrons. The lowest BCUT2D eigenvalue weighted by molar-refractivity contribution is -0.129. The van der Waals surface area contributed by atoms with E-state index in [2.05, 4.69) is 31.9 Å². The van der Waals surface area contributed by atoms with E-state index in [1.165, 1.54) is 0 Å². The predicted octanol–water partition coefficient (Wildman–Crippen LogP) is 4.54. The third-order valence-electron chi connectivity index (χ3n) is 3.25. The first-order chi connectivity index (χ1) is 10.1. The maximum absolute atomic E-state index is 12.5. The predicted molar refractivity (Wildman–Crippen MR) is 93.7 cm³/mol. The van der Waals surface area contributed by atoms with Crippen molar-refractivity contribution in [3.05, 3.63) is 71.8 Å². The van der Waals surface area contributed by atoms with Crippen LogP contribution >= 0.6 is 31.9 Å². The van der Waals surface area contributed by atoms with E-state index >= 15 is 0 Å². The summed E-state index contributed by atoms with van der Waals surface area (Å²) in [6, 6.07) is 19.9. The topological polar surface area (TPSA) is 20.3 Å². The van der Waals surface area contributed by atoms with Crippen LogP contribution in [0.1, 0.15) is 16.0 Å². The second-order valence-electron chi connectivity index (χ2n) is 4.89. The summed E-state index contributed by atoms with van der Waals surface area (Å²) in [4.78, 5) is 13.9. The molecule has 2 aromatic rings. The van der Waals surface area contributed by atoms with Gasteiger partial charge in [-0.15, -0.1) is 0 Å². The largest absolute Gasteiger partial charge is 0.340 e. The number of hydrogen-bond acceptors (Lipinski definition) is 1. The standard InChI is InChI=1S/C17H17Br2NO/c1-20(12-13-8-4-2-5-9-13)17(21)16(19)15(18)14-10-6-3-7-11-14/h2-11,15-16H,12H2,1H3. The Balaban J connectivity index is 2.01. The monoisotopic (exact) mass is 409 g/mol. The molecule has 4 heteroatoms. The first kappa shape index (κ1) is 16.2. The highest BCUT2D eigenvalue weighted by atomic mass is 79.9. The summed E-state index contributed by atoms with van der Waals surface area (Å²) < 4.78 is 0. The van der Waals surface area contributed by atoms with Gasteiger partial charge in [0.15, 0.2) is 0 Å². The van der Waals surface area contributed by atoms with Gasteiger partial charge < -0.3 is 4.90 Å². The Labute approximate surface area is 142 Å². The molecule has 2 aromatic carbocycles. The molecule has 0 N–H and O–H groups in total. The molecule has 21 heavy (non-hydrogen) atoms. The maximum atomic E-state index is 12.5. The van der Waals surface area contributed by atoms with Gasteiger partial charge in [0.05, 0.1) is 4.83 Å². The van der Waals surface area contributed by atoms with E-state index < -0.39 is 0 Å². The van der Waals surface area contributed by atoms with Crippen LogP contribution in [0.3, 0.4) is 0 Å². The van der Waals surface area contributed by atoms with Crippen LogP contribution in [0.5, 0.6) is 0 Å². The van der Waals surface area contributed by atoms with Crippen LogP contribution in [0.15, 0.2) is 60.7 Å². The van der Waals surface area contributed by atoms with E-state index in [1.807, 2.05) is 67.7 Å². The zero-order valence-corrected chi connectivity index (χ0v) is 14.9. The van der Waals surface area contributed by atoms with Gasteiger partial charge in [0.25, 0.3) is 0 Å². The number of alkyl halides is 2. The van der Waals surface area contributed by atoms with Gasteiger partial charge in [0.1, 0.15) is 4.83 Å². The van der Waals surface area contributed by atoms with Crippen molar-refractivity contribution in [2.24, 2.45) is 0 Å². The van der Waals surface area contributed by atoms with Crippen molar-refractivity contribution in [2.75, 3.05) is 7.05 Å². The van der Waals surface area contributed by atoms with E-state index in [0.717, 1.165) is 11.1 Å². The SMILES string of the molecule is CN(Cc1ccccc1)C(=O)C(Br)C(Br)c1ccccc1. The molecule has 2 atom stereocenters. The lowest BCUT2D eigenvalue weighted by Gasteiger charge is -2.23. The molecule has 2 nitrogen and oxygen atoms in total. The van der Waals surface area contributed by atoms with Gasteiger partial charge in [-0.2, -0.15) is 0 Å². The fraction of sp³-hybridized carbons (Fsp3) is 0.235. The minimum Gasteiger partial charge on any atom is -0.340 e. The molecule has 2 unspecified atom stereocenters. The van der Waals surface area contributed by atoms with Gasteiger partial charge in [-0.05, 0) is 11.1 Å². The fourth-order valence-corrected chi connectivity index (χ4v) is 3.26. The molecule has 0 saturated carbocycles. The van der Waals surface area contributed by atoms with Crippen molar-refractivity contribution in [3.63, 3.8) is 0 Å². The zero-order valence-electron chi connectivity index (χ0n) is 11.7. The van der Waals surface area contributed by atoms with E-state index in [4.69, 9.17) is 0 Å². The summed E-state index contributed by atoms with van der Waals surface area (Å²) >= 11 is 7.13. The van der Waals surface area contributed by atoms with Crippen LogP contribution in [0.2, 0.25) is 0 Å². The average Bonchev–Trinajstić information content (AvgIpc) is 2.54. The number of amides is 1. The Morgan fingerprint density at radius 1 is 1.00 bits per heavy atom. The number of hydrogen-bond donors (Lipinski definition) is 0. The van der Waals surface area contributed by atoms with Crippen LogP contribution < -0.4 is 0 Å². The average molecular weight is 411 g/mol. The molecule has 0 aliphatic carbocycles. The highest BCUT2D eigenvalue weighted by Gasteiger charge is 2.27. The molecule has 0 fully saturated rings. The number of nitrogens with zero attached hydrogens (tertiary/aromatic N) is 1. The maximum Gasteiger partial charge on any atom is 0.237 e. The summed E-state index contributed by atoms with van der Waals surface area (Å²) in [5.74, 6) is 0.0598. The molecule has 0 radical (unpaired) electrons. The van der Waals surface area contributed by atoms with Gasteiger partial charge in [0, 0.05) is 13.6 Å². The lowest BCUT2D eigenvalue weighted by Crippen LogP contribution is -2.34. The normalized spacial score (nSPS) is 13.5. The molecule has 0 aliphatic heterocycles. The van der Waals surface area contributed by atoms with Crippen molar-refractivity contribution in [3.8, 4) is 0 Å². The summed E-state index contributed by atoms with van der Waals surface area (Å²) in [6.45, 7) is 0.607. The first-order valence-corrected chi connectivity index (χ1v) is 8.54. The van der Waals surface area contributed by atoms with Gasteiger partial charge in [0.2, 0.25) is 5.91 Å². The molecule has 0 heterocycles. The van der Waals surface area contributed by atoms with Gasteiger partial charge in [-0.3, -0.25) is 4.79 Å². The van der Waals surface area contributed by atoms with Crippen molar-refractivity contribution >= 4 is 37.8 Å². The van der Waals surface area contributed by atoms with Crippen LogP contribution in [0, 0.1) is 0 Å². The summed E-state index contributed by atoms with van der Waals surface area (Å²) in [6.07, 6.45) is 0. The first-order valence-electron chi connectivity index (χ1n) is 6.71. The highest BCUT2D eigenvalue weighted by molar-refractivity contribution is 9.12. The molecule has 0 bridgehead atoms. The van der Waals surface area contributed by atoms with Crippen molar-refractivity contribution in [2.45, 2.75) is 16.2 Å². The van der Waals surface area contributed by atoms with Crippen LogP contribution in [-0.2, 0) is 11.3 Å². The second kappa shape index (κ2) is 7.76. The van der Waals surface area contributed by atoms with Crippen molar-refractivity contribution in [1.29, 1.82) is 0 Å². The fourth-order valence-electron chi connectivity index (χ4n) is 2.08. The highest BCUT2D eigenvalue weighted by Crippen LogP contribution is 2.32. The van der Waals surface area contributed by atoms with E-state index in [1.54, 1.807) is 4.90 Å². The Morgan fingerprint density at radius 3 is 2.10 bits per heavy atom. The number of benzene rings is 2. The van der Waals surface area contributed by atoms with Crippen LogP contribution in [0.4, 0.5) is 0 Å². The van der Waals surface area contributed by atoms with Crippen LogP contribution in [-0.4, -0.2) is 22.7 Å². The van der Waals surface area contributed by atoms with Crippen molar-refractivity contribution < 1.29 is 4.79 Å². The van der Waals surface area contributed by atoms with E-state index in [-0.39, 0.29) is 15.6 Å². The molecule has 0 spiro atoms. The minimum absolute atomic E-state index is 0.0515. The van der Waals surface area contributed by atoms with Crippen molar-refractivity contribution in [1.82, 2.24) is 4.90 Å². The Kier molecular flexibility index (Phi) is 6.00. The molecular formula is C17H17Br2NO. The zero-order chi connectivity index (χ0) is 15.2. The summed E-state index contributed by atoms with van der Waals surface area (Å²) in [5.41, 5.74) is 2.21. The number of rotatable bonds is 5. The van der Waals surface area contributed by atoms with Gasteiger partial charge >= 0.3 is 0 Å². The number of carbonyl (C=O) groups excluding carboxylic acids is 1. The third-order valence-corrected chi connectivity index (χ3v) is 5.94. The van der Waals surface area contributed by atoms with Crippen LogP contribution in [0.25, 0.3) is 0 Å².